The van der Waals surface area contributed by atoms with Crippen LogP contribution in [-0.4, -0.2) is 72.7 Å². The normalized spacial score (nSPS) is 18.0. The Morgan fingerprint density at radius 2 is 0.929 bits per heavy atom. The molecule has 5 rings (SSSR count). The monoisotopic (exact) mass is 584 g/mol. The van der Waals surface area contributed by atoms with Gasteiger partial charge < -0.3 is 20.1 Å². The van der Waals surface area contributed by atoms with Crippen LogP contribution in [0.2, 0.25) is 0 Å². The first-order valence-corrected chi connectivity index (χ1v) is 13.1. The Balaban J connectivity index is 0.00000155. The molecule has 0 aliphatic carbocycles. The molecule has 224 valence electrons. The van der Waals surface area contributed by atoms with Crippen molar-refractivity contribution in [3.63, 3.8) is 0 Å². The Labute approximate surface area is 242 Å². The van der Waals surface area contributed by atoms with Gasteiger partial charge in [0, 0.05) is 2.85 Å². The number of fused-ring (bicyclic) bond motifs is 2. The molecule has 0 radical (unpaired) electrons. The highest BCUT2D eigenvalue weighted by atomic mass is 16.5. The Bertz CT molecular complexity index is 1400. The quantitative estimate of drug-likeness (QED) is 0.280. The number of hydrogen-bond acceptors (Lipinski definition) is 10. The maximum Gasteiger partial charge on any atom is 0.338 e. The molecule has 0 bridgehead atoms. The minimum Gasteiger partial charge on any atom is -0.459 e. The van der Waals surface area contributed by atoms with E-state index in [0.717, 1.165) is 0 Å². The van der Waals surface area contributed by atoms with Crippen LogP contribution in [0.5, 0.6) is 0 Å². The van der Waals surface area contributed by atoms with E-state index in [-0.39, 0.29) is 36.2 Å². The minimum absolute atomic E-state index is 0. The van der Waals surface area contributed by atoms with Gasteiger partial charge in [0.2, 0.25) is 11.8 Å². The number of amides is 6. The molecule has 0 spiro atoms. The number of benzene rings is 2. The van der Waals surface area contributed by atoms with Crippen molar-refractivity contribution in [1.82, 2.24) is 21.3 Å². The highest BCUT2D eigenvalue weighted by Crippen LogP contribution is 2.19. The van der Waals surface area contributed by atoms with Crippen molar-refractivity contribution in [1.29, 1.82) is 0 Å². The summed E-state index contributed by atoms with van der Waals surface area (Å²) in [5.74, 6) is -5.64. The van der Waals surface area contributed by atoms with Crippen LogP contribution in [0.4, 0.5) is 0 Å². The summed E-state index contributed by atoms with van der Waals surface area (Å²) in [6, 6.07) is 5.08. The van der Waals surface area contributed by atoms with E-state index in [0.29, 0.717) is 0 Å². The molecule has 4 N–H and O–H groups in total. The molecule has 2 atom stereocenters. The third-order valence-corrected chi connectivity index (χ3v) is 5.97. The average Bonchev–Trinajstić information content (AvgIpc) is 3.46. The molecule has 6 amide bonds. The summed E-state index contributed by atoms with van der Waals surface area (Å²) in [7, 11) is 0. The van der Waals surface area contributed by atoms with E-state index in [9.17, 15) is 38.4 Å². The summed E-state index contributed by atoms with van der Waals surface area (Å²) in [4.78, 5) is 96.3. The molecule has 0 saturated carbocycles. The molecule has 2 aromatic carbocycles. The van der Waals surface area contributed by atoms with Crippen molar-refractivity contribution in [2.24, 2.45) is 0 Å². The lowest BCUT2D eigenvalue weighted by atomic mass is 10.1. The molecule has 0 aromatic heterocycles. The topological polar surface area (TPSA) is 203 Å². The van der Waals surface area contributed by atoms with Gasteiger partial charge in [-0.2, -0.15) is 0 Å². The number of rotatable bonds is 6. The second-order valence-electron chi connectivity index (χ2n) is 8.41. The van der Waals surface area contributed by atoms with E-state index in [1.54, 1.807) is 0 Å². The predicted octanol–water partition coefficient (Wildman–Crippen LogP) is 0.995. The Hall–Kier alpha value is -5.40. The number of carbonyl (C=O) groups excluding carboxylic acids is 8. The second kappa shape index (κ2) is 13.3. The molecule has 3 heterocycles. The highest BCUT2D eigenvalue weighted by Gasteiger charge is 2.36. The Morgan fingerprint density at radius 3 is 1.29 bits per heavy atom. The molecular formula is C28H32N4O10. The minimum atomic E-state index is -1.23. The van der Waals surface area contributed by atoms with Gasteiger partial charge in [0.25, 0.3) is 23.6 Å². The molecule has 14 heteroatoms. The molecule has 2 aromatic rings. The number of esters is 2. The summed E-state index contributed by atoms with van der Waals surface area (Å²) in [5.41, 5.74) is 0.205. The summed E-state index contributed by atoms with van der Waals surface area (Å²) in [6.45, 7) is 6.95. The van der Waals surface area contributed by atoms with E-state index < -0.39 is 72.7 Å². The smallest absolute Gasteiger partial charge is 0.338 e. The lowest BCUT2D eigenvalue weighted by Gasteiger charge is -2.28. The molecule has 14 nitrogen and oxygen atoms in total. The molecule has 1 fully saturated rings. The van der Waals surface area contributed by atoms with Gasteiger partial charge in [-0.15, -0.1) is 0 Å². The van der Waals surface area contributed by atoms with Crippen LogP contribution in [0.1, 0.15) is 92.7 Å². The Kier molecular flexibility index (Phi) is 9.86. The van der Waals surface area contributed by atoms with Gasteiger partial charge in [0.15, 0.2) is 0 Å². The first-order chi connectivity index (χ1) is 20.1. The zero-order valence-corrected chi connectivity index (χ0v) is 23.1. The van der Waals surface area contributed by atoms with Crippen LogP contribution >= 0.6 is 0 Å². The summed E-state index contributed by atoms with van der Waals surface area (Å²) >= 11 is 0. The SMILES string of the molecule is CC.CC.O=C(OCC1NC(=O)C(COC(=O)c2ccc3c(c2)C(=O)NC3=O)NC1=O)c1ccc2c(c1)C(=O)NC2=O.[HH].[HH]. The van der Waals surface area contributed by atoms with Crippen molar-refractivity contribution in [2.75, 3.05) is 13.2 Å². The number of imide groups is 2. The Morgan fingerprint density at radius 1 is 0.595 bits per heavy atom. The fourth-order valence-electron chi connectivity index (χ4n) is 3.98. The summed E-state index contributed by atoms with van der Waals surface area (Å²) in [6.07, 6.45) is 0. The van der Waals surface area contributed by atoms with Crippen LogP contribution < -0.4 is 21.3 Å². The van der Waals surface area contributed by atoms with Crippen molar-refractivity contribution in [3.8, 4) is 0 Å². The van der Waals surface area contributed by atoms with Gasteiger partial charge in [-0.1, -0.05) is 27.7 Å². The fraction of sp³-hybridized carbons (Fsp3) is 0.286. The predicted molar refractivity (Wildman–Crippen MR) is 148 cm³/mol. The highest BCUT2D eigenvalue weighted by molar-refractivity contribution is 6.22. The van der Waals surface area contributed by atoms with E-state index in [2.05, 4.69) is 21.3 Å². The number of hydrogen-bond donors (Lipinski definition) is 4. The molecule has 1 saturated heterocycles. The zero-order valence-electron chi connectivity index (χ0n) is 23.1. The van der Waals surface area contributed by atoms with E-state index in [1.807, 2.05) is 27.7 Å². The van der Waals surface area contributed by atoms with Gasteiger partial charge in [-0.25, -0.2) is 9.59 Å². The zero-order chi connectivity index (χ0) is 31.1. The first-order valence-electron chi connectivity index (χ1n) is 13.1. The number of nitrogens with one attached hydrogen (secondary N) is 4. The standard InChI is InChI=1S/C24H16N4O10.2C2H6.2H2/c29-17-11-3-1-9(5-13(11)19(31)27-17)23(35)37-7-15-21(33)26-16(22(34)25-15)8-38-24(36)10-2-4-12-14(6-10)20(32)28-18(12)30;2*1-2;;/h1-6,15-16H,7-8H2,(H,25,34)(H,26,33)(H,27,29,31)(H,28,30,32);2*1-2H3;2*1H. The number of carbonyl (C=O) groups is 8. The maximum absolute atomic E-state index is 12.4. The van der Waals surface area contributed by atoms with Crippen molar-refractivity contribution < 1.29 is 50.7 Å². The van der Waals surface area contributed by atoms with Crippen molar-refractivity contribution >= 4 is 47.4 Å². The van der Waals surface area contributed by atoms with Crippen LogP contribution in [0.25, 0.3) is 0 Å². The number of ether oxygens (including phenoxy) is 2. The van der Waals surface area contributed by atoms with Crippen LogP contribution in [0, 0.1) is 0 Å². The molecular weight excluding hydrogens is 552 g/mol. The van der Waals surface area contributed by atoms with E-state index in [4.69, 9.17) is 9.47 Å². The average molecular weight is 585 g/mol. The van der Waals surface area contributed by atoms with Crippen LogP contribution in [0.3, 0.4) is 0 Å². The third kappa shape index (κ3) is 6.32. The third-order valence-electron chi connectivity index (χ3n) is 5.97. The summed E-state index contributed by atoms with van der Waals surface area (Å²) < 4.78 is 10.2. The molecule has 3 aliphatic heterocycles. The fourth-order valence-corrected chi connectivity index (χ4v) is 3.98. The van der Waals surface area contributed by atoms with Gasteiger partial charge in [-0.3, -0.25) is 39.4 Å². The van der Waals surface area contributed by atoms with Crippen LogP contribution in [-0.2, 0) is 19.1 Å². The van der Waals surface area contributed by atoms with E-state index >= 15 is 0 Å². The molecule has 42 heavy (non-hydrogen) atoms. The lowest BCUT2D eigenvalue weighted by Crippen LogP contribution is -2.64. The molecule has 3 aliphatic rings. The van der Waals surface area contributed by atoms with Crippen LogP contribution in [0.15, 0.2) is 36.4 Å². The van der Waals surface area contributed by atoms with E-state index in [1.165, 1.54) is 36.4 Å². The number of piperazine rings is 1. The first kappa shape index (κ1) is 31.1. The van der Waals surface area contributed by atoms with Gasteiger partial charge >= 0.3 is 11.9 Å². The van der Waals surface area contributed by atoms with Gasteiger partial charge in [-0.05, 0) is 36.4 Å². The molecule has 2 unspecified atom stereocenters. The van der Waals surface area contributed by atoms with Gasteiger partial charge in [0.1, 0.15) is 25.3 Å². The largest absolute Gasteiger partial charge is 0.459 e. The van der Waals surface area contributed by atoms with Gasteiger partial charge in [0.05, 0.1) is 33.4 Å². The van der Waals surface area contributed by atoms with Crippen molar-refractivity contribution in [2.45, 2.75) is 39.8 Å². The maximum atomic E-state index is 12.4. The van der Waals surface area contributed by atoms with Crippen molar-refractivity contribution in [3.05, 3.63) is 69.8 Å². The second-order valence-corrected chi connectivity index (χ2v) is 8.41. The lowest BCUT2D eigenvalue weighted by molar-refractivity contribution is -0.138. The summed E-state index contributed by atoms with van der Waals surface area (Å²) in [5, 5.41) is 8.93.